The molecule has 0 atom stereocenters. The van der Waals surface area contributed by atoms with Gasteiger partial charge in [-0.05, 0) is 42.9 Å². The Morgan fingerprint density at radius 1 is 1.29 bits per heavy atom. The van der Waals surface area contributed by atoms with E-state index in [1.165, 1.54) is 11.3 Å². The van der Waals surface area contributed by atoms with Gasteiger partial charge in [-0.3, -0.25) is 0 Å². The molecule has 136 valence electrons. The fourth-order valence-electron chi connectivity index (χ4n) is 2.81. The quantitative estimate of drug-likeness (QED) is 0.261. The highest BCUT2D eigenvalue weighted by atomic mass is 127. The average Bonchev–Trinajstić information content (AvgIpc) is 2.61. The summed E-state index contributed by atoms with van der Waals surface area (Å²) in [5.74, 6) is 0.997. The number of aliphatic hydroxyl groups excluding tert-OH is 1. The fraction of sp³-hybridized carbons (Fsp3) is 0.611. The van der Waals surface area contributed by atoms with Gasteiger partial charge in [-0.15, -0.1) is 24.0 Å². The Morgan fingerprint density at radius 2 is 1.96 bits per heavy atom. The maximum Gasteiger partial charge on any atom is 0.188 e. The fourth-order valence-corrected chi connectivity index (χ4v) is 2.81. The maximum absolute atomic E-state index is 9.21. The number of nitrogens with zero attached hydrogens (tertiary/aromatic N) is 2. The molecule has 1 aliphatic rings. The van der Waals surface area contributed by atoms with Crippen molar-refractivity contribution < 1.29 is 5.11 Å². The smallest absolute Gasteiger partial charge is 0.188 e. The number of guanidine groups is 1. The zero-order valence-corrected chi connectivity index (χ0v) is 16.9. The van der Waals surface area contributed by atoms with Gasteiger partial charge in [0.05, 0.1) is 6.54 Å². The number of aliphatic hydroxyl groups is 1. The number of hydrogen-bond donors (Lipinski definition) is 3. The van der Waals surface area contributed by atoms with Crippen molar-refractivity contribution in [1.82, 2.24) is 5.32 Å². The predicted molar refractivity (Wildman–Crippen MR) is 112 cm³/mol. The molecule has 1 fully saturated rings. The highest BCUT2D eigenvalue weighted by Gasteiger charge is 2.18. The topological polar surface area (TPSA) is 73.9 Å². The first-order valence-corrected chi connectivity index (χ1v) is 8.71. The normalized spacial score (nSPS) is 15.9. The van der Waals surface area contributed by atoms with Gasteiger partial charge in [0.2, 0.25) is 0 Å². The largest absolute Gasteiger partial charge is 0.396 e. The summed E-state index contributed by atoms with van der Waals surface area (Å²) in [5.41, 5.74) is 8.26. The van der Waals surface area contributed by atoms with Crippen molar-refractivity contribution in [3.8, 4) is 0 Å². The maximum atomic E-state index is 9.21. The third-order valence-corrected chi connectivity index (χ3v) is 4.44. The van der Waals surface area contributed by atoms with Gasteiger partial charge in [0, 0.05) is 31.9 Å². The molecule has 0 aliphatic carbocycles. The van der Waals surface area contributed by atoms with Crippen LogP contribution in [0.5, 0.6) is 0 Å². The van der Waals surface area contributed by atoms with Crippen molar-refractivity contribution in [3.05, 3.63) is 29.8 Å². The number of nitrogens with one attached hydrogen (secondary N) is 1. The highest BCUT2D eigenvalue weighted by Crippen LogP contribution is 2.23. The molecule has 4 N–H and O–H groups in total. The molecule has 5 nitrogen and oxygen atoms in total. The second-order valence-electron chi connectivity index (χ2n) is 6.26. The first kappa shape index (κ1) is 21.0. The van der Waals surface area contributed by atoms with Crippen molar-refractivity contribution in [1.29, 1.82) is 0 Å². The molecule has 2 rings (SSSR count). The molecule has 6 heteroatoms. The molecule has 0 unspecified atom stereocenters. The number of unbranched alkanes of at least 4 members (excludes halogenated alkanes) is 1. The second kappa shape index (κ2) is 11.5. The van der Waals surface area contributed by atoms with Crippen molar-refractivity contribution >= 4 is 35.6 Å². The lowest BCUT2D eigenvalue weighted by Crippen LogP contribution is -2.34. The Morgan fingerprint density at radius 3 is 2.54 bits per heavy atom. The van der Waals surface area contributed by atoms with Gasteiger partial charge in [0.15, 0.2) is 5.96 Å². The van der Waals surface area contributed by atoms with Gasteiger partial charge in [-0.25, -0.2) is 4.99 Å². The first-order valence-electron chi connectivity index (χ1n) is 8.71. The molecule has 0 bridgehead atoms. The minimum Gasteiger partial charge on any atom is -0.396 e. The van der Waals surface area contributed by atoms with E-state index < -0.39 is 0 Å². The summed E-state index contributed by atoms with van der Waals surface area (Å²) in [5, 5.41) is 12.3. The van der Waals surface area contributed by atoms with Crippen LogP contribution in [0, 0.1) is 5.92 Å². The number of aliphatic imine (C=N–C) groups is 1. The molecular weight excluding hydrogens is 415 g/mol. The van der Waals surface area contributed by atoms with Crippen LogP contribution < -0.4 is 16.0 Å². The number of anilines is 1. The van der Waals surface area contributed by atoms with Gasteiger partial charge in [0.25, 0.3) is 0 Å². The zero-order chi connectivity index (χ0) is 16.5. The lowest BCUT2D eigenvalue weighted by molar-refractivity contribution is 0.203. The van der Waals surface area contributed by atoms with E-state index in [4.69, 9.17) is 5.73 Å². The van der Waals surface area contributed by atoms with Crippen LogP contribution in [0.25, 0.3) is 0 Å². The molecule has 0 amide bonds. The average molecular weight is 446 g/mol. The summed E-state index contributed by atoms with van der Waals surface area (Å²) < 4.78 is 0. The number of rotatable bonds is 7. The van der Waals surface area contributed by atoms with Crippen molar-refractivity contribution in [2.75, 3.05) is 31.1 Å². The minimum absolute atomic E-state index is 0. The van der Waals surface area contributed by atoms with Crippen LogP contribution in [0.1, 0.15) is 38.2 Å². The molecule has 1 saturated heterocycles. The van der Waals surface area contributed by atoms with Gasteiger partial charge in [0.1, 0.15) is 0 Å². The summed E-state index contributed by atoms with van der Waals surface area (Å²) in [6.07, 6.45) is 4.40. The summed E-state index contributed by atoms with van der Waals surface area (Å²) in [4.78, 5) is 6.76. The Kier molecular flexibility index (Phi) is 10.1. The van der Waals surface area contributed by atoms with Crippen LogP contribution in [0.2, 0.25) is 0 Å². The van der Waals surface area contributed by atoms with E-state index >= 15 is 0 Å². The van der Waals surface area contributed by atoms with E-state index in [2.05, 4.69) is 46.4 Å². The van der Waals surface area contributed by atoms with E-state index in [0.29, 0.717) is 25.0 Å². The van der Waals surface area contributed by atoms with E-state index in [9.17, 15) is 5.11 Å². The molecule has 1 heterocycles. The first-order chi connectivity index (χ1) is 11.2. The molecule has 0 spiro atoms. The van der Waals surface area contributed by atoms with E-state index in [1.54, 1.807) is 0 Å². The van der Waals surface area contributed by atoms with Crippen LogP contribution in [-0.4, -0.2) is 37.3 Å². The van der Waals surface area contributed by atoms with Crippen LogP contribution in [0.3, 0.4) is 0 Å². The van der Waals surface area contributed by atoms with Gasteiger partial charge in [-0.2, -0.15) is 0 Å². The van der Waals surface area contributed by atoms with Crippen LogP contribution >= 0.6 is 24.0 Å². The van der Waals surface area contributed by atoms with Crippen LogP contribution in [0.4, 0.5) is 5.69 Å². The Balaban J connectivity index is 0.00000288. The molecular formula is C18H31IN4O. The van der Waals surface area contributed by atoms with Gasteiger partial charge >= 0.3 is 0 Å². The minimum atomic E-state index is 0. The van der Waals surface area contributed by atoms with Crippen molar-refractivity contribution in [2.24, 2.45) is 16.6 Å². The SMILES string of the molecule is CCCCNC(N)=NCc1ccc(N2CCC(CO)CC2)cc1.I. The molecule has 1 aromatic rings. The Hall–Kier alpha value is -1.02. The predicted octanol–water partition coefficient (Wildman–Crippen LogP) is 2.72. The number of benzene rings is 1. The van der Waals surface area contributed by atoms with E-state index in [-0.39, 0.29) is 24.0 Å². The summed E-state index contributed by atoms with van der Waals surface area (Å²) in [6, 6.07) is 8.56. The summed E-state index contributed by atoms with van der Waals surface area (Å²) >= 11 is 0. The van der Waals surface area contributed by atoms with Crippen molar-refractivity contribution in [2.45, 2.75) is 39.2 Å². The number of nitrogens with two attached hydrogens (primary N) is 1. The number of hydrogen-bond acceptors (Lipinski definition) is 3. The molecule has 1 aromatic carbocycles. The third-order valence-electron chi connectivity index (χ3n) is 4.44. The lowest BCUT2D eigenvalue weighted by Gasteiger charge is -2.32. The van der Waals surface area contributed by atoms with Gasteiger partial charge < -0.3 is 21.1 Å². The summed E-state index contributed by atoms with van der Waals surface area (Å²) in [7, 11) is 0. The molecule has 0 radical (unpaired) electrons. The van der Waals surface area contributed by atoms with E-state index in [1.807, 2.05) is 0 Å². The number of halogens is 1. The highest BCUT2D eigenvalue weighted by molar-refractivity contribution is 14.0. The lowest BCUT2D eigenvalue weighted by atomic mass is 9.97. The third kappa shape index (κ3) is 6.84. The zero-order valence-electron chi connectivity index (χ0n) is 14.6. The molecule has 1 aliphatic heterocycles. The Bertz CT molecular complexity index is 484. The van der Waals surface area contributed by atoms with Crippen LogP contribution in [0.15, 0.2) is 29.3 Å². The van der Waals surface area contributed by atoms with Crippen molar-refractivity contribution in [3.63, 3.8) is 0 Å². The molecule has 0 saturated carbocycles. The Labute approximate surface area is 162 Å². The standard InChI is InChI=1S/C18H30N4O.HI/c1-2-3-10-20-18(19)21-13-15-4-6-17(7-5-15)22-11-8-16(14-23)9-12-22;/h4-7,16,23H,2-3,8-14H2,1H3,(H3,19,20,21);1H. The molecule has 24 heavy (non-hydrogen) atoms. The van der Waals surface area contributed by atoms with Crippen LogP contribution in [-0.2, 0) is 6.54 Å². The van der Waals surface area contributed by atoms with E-state index in [0.717, 1.165) is 45.3 Å². The number of piperidine rings is 1. The molecule has 0 aromatic heterocycles. The second-order valence-corrected chi connectivity index (χ2v) is 6.26. The van der Waals surface area contributed by atoms with Gasteiger partial charge in [-0.1, -0.05) is 25.5 Å². The monoisotopic (exact) mass is 446 g/mol. The summed E-state index contributed by atoms with van der Waals surface area (Å²) in [6.45, 7) is 6.02.